The molecular weight excluding hydrogens is 310 g/mol. The Balaban J connectivity index is 1.81. The van der Waals surface area contributed by atoms with Crippen LogP contribution in [0.25, 0.3) is 0 Å². The van der Waals surface area contributed by atoms with Gasteiger partial charge in [-0.25, -0.2) is 4.79 Å². The second-order valence-electron chi connectivity index (χ2n) is 7.78. The van der Waals surface area contributed by atoms with Crippen molar-refractivity contribution in [1.29, 1.82) is 0 Å². The number of aromatic carboxylic acids is 1. The first-order valence-electron chi connectivity index (χ1n) is 9.60. The third kappa shape index (κ3) is 2.61. The van der Waals surface area contributed by atoms with Crippen LogP contribution in [0.4, 0.5) is 5.69 Å². The van der Waals surface area contributed by atoms with Crippen molar-refractivity contribution < 1.29 is 9.90 Å². The van der Waals surface area contributed by atoms with Crippen LogP contribution < -0.4 is 5.32 Å². The van der Waals surface area contributed by atoms with Crippen molar-refractivity contribution in [3.8, 4) is 0 Å². The molecule has 3 nitrogen and oxygen atoms in total. The third-order valence-electron chi connectivity index (χ3n) is 6.49. The Bertz CT molecular complexity index is 748. The van der Waals surface area contributed by atoms with E-state index in [1.807, 2.05) is 12.1 Å². The van der Waals surface area contributed by atoms with Crippen LogP contribution in [-0.4, -0.2) is 17.1 Å². The Labute approximate surface area is 149 Å². The molecule has 3 heteroatoms. The van der Waals surface area contributed by atoms with Gasteiger partial charge in [-0.05, 0) is 85.6 Å². The fraction of sp³-hybridized carbons (Fsp3) is 0.500. The number of hydrogen-bond donors (Lipinski definition) is 2. The topological polar surface area (TPSA) is 49.3 Å². The first-order chi connectivity index (χ1) is 12.1. The summed E-state index contributed by atoms with van der Waals surface area (Å²) in [6.07, 6.45) is 11.7. The summed E-state index contributed by atoms with van der Waals surface area (Å²) in [5, 5.41) is 13.2. The predicted octanol–water partition coefficient (Wildman–Crippen LogP) is 5.22. The number of rotatable bonds is 4. The number of carboxylic acid groups (broad SMARTS) is 1. The van der Waals surface area contributed by atoms with E-state index in [2.05, 4.69) is 37.4 Å². The molecular formula is C22H27NO2. The van der Waals surface area contributed by atoms with E-state index < -0.39 is 5.97 Å². The maximum atomic E-state index is 11.4. The highest BCUT2D eigenvalue weighted by Crippen LogP contribution is 2.61. The fourth-order valence-electron chi connectivity index (χ4n) is 5.68. The number of hydrogen-bond acceptors (Lipinski definition) is 2. The predicted molar refractivity (Wildman–Crippen MR) is 101 cm³/mol. The maximum Gasteiger partial charge on any atom is 0.335 e. The lowest BCUT2D eigenvalue weighted by molar-refractivity contribution is 0.0696. The molecule has 3 aliphatic rings. The smallest absolute Gasteiger partial charge is 0.335 e. The molecule has 0 aromatic heterocycles. The van der Waals surface area contributed by atoms with Crippen LogP contribution >= 0.6 is 0 Å². The van der Waals surface area contributed by atoms with Crippen molar-refractivity contribution in [3.05, 3.63) is 53.1 Å². The first kappa shape index (κ1) is 16.4. The fourth-order valence-corrected chi connectivity index (χ4v) is 5.68. The highest BCUT2D eigenvalue weighted by molar-refractivity contribution is 5.89. The second-order valence-corrected chi connectivity index (χ2v) is 7.78. The summed E-state index contributed by atoms with van der Waals surface area (Å²) < 4.78 is 0. The minimum absolute atomic E-state index is 0.347. The maximum absolute atomic E-state index is 11.4. The molecule has 2 N–H and O–H groups in total. The van der Waals surface area contributed by atoms with E-state index in [9.17, 15) is 9.90 Å². The van der Waals surface area contributed by atoms with Crippen LogP contribution in [0.2, 0.25) is 0 Å². The molecule has 0 amide bonds. The monoisotopic (exact) mass is 337 g/mol. The summed E-state index contributed by atoms with van der Waals surface area (Å²) in [5.74, 6) is 1.75. The lowest BCUT2D eigenvalue weighted by Crippen LogP contribution is -2.42. The van der Waals surface area contributed by atoms with Crippen molar-refractivity contribution >= 4 is 11.7 Å². The molecule has 2 aliphatic carbocycles. The minimum Gasteiger partial charge on any atom is -0.478 e. The van der Waals surface area contributed by atoms with Crippen molar-refractivity contribution in [1.82, 2.24) is 0 Å². The Morgan fingerprint density at radius 3 is 2.84 bits per heavy atom. The Kier molecular flexibility index (Phi) is 4.18. The number of benzene rings is 1. The van der Waals surface area contributed by atoms with E-state index in [1.165, 1.54) is 30.4 Å². The summed E-state index contributed by atoms with van der Waals surface area (Å²) in [5.41, 5.74) is 4.18. The van der Waals surface area contributed by atoms with Gasteiger partial charge in [0.15, 0.2) is 0 Å². The zero-order valence-corrected chi connectivity index (χ0v) is 15.0. The molecule has 2 bridgehead atoms. The van der Waals surface area contributed by atoms with Gasteiger partial charge in [-0.15, -0.1) is 0 Å². The zero-order chi connectivity index (χ0) is 17.6. The summed E-state index contributed by atoms with van der Waals surface area (Å²) in [6.45, 7) is 4.27. The normalized spacial score (nSPS) is 33.2. The Hall–Kier alpha value is -2.03. The summed E-state index contributed by atoms with van der Waals surface area (Å²) in [4.78, 5) is 11.4. The average Bonchev–Trinajstić information content (AvgIpc) is 3.22. The quantitative estimate of drug-likeness (QED) is 0.740. The number of anilines is 1. The lowest BCUT2D eigenvalue weighted by Gasteiger charge is -2.44. The molecule has 0 radical (unpaired) electrons. The molecule has 0 spiro atoms. The summed E-state index contributed by atoms with van der Waals surface area (Å²) >= 11 is 0. The van der Waals surface area contributed by atoms with Crippen molar-refractivity contribution in [2.75, 3.05) is 5.32 Å². The van der Waals surface area contributed by atoms with Crippen LogP contribution in [0.15, 0.2) is 42.0 Å². The number of nitrogens with one attached hydrogen (secondary N) is 1. The van der Waals surface area contributed by atoms with E-state index in [1.54, 1.807) is 6.07 Å². The lowest BCUT2D eigenvalue weighted by atomic mass is 9.67. The van der Waals surface area contributed by atoms with Gasteiger partial charge < -0.3 is 10.4 Å². The van der Waals surface area contributed by atoms with Crippen LogP contribution in [0.3, 0.4) is 0 Å². The molecule has 2 saturated carbocycles. The summed E-state index contributed by atoms with van der Waals surface area (Å²) in [7, 11) is 0. The standard InChI is InChI=1S/C22H27NO2/c1-3-5-13(6-4-2)21-20-15-8-7-14(11-15)19(20)17-12-16(22(24)25)9-10-18(17)23-21/h3,5-6,9-10,12,14-15,19-21,23H,4,7-8,11H2,1-2H3,(H,24,25)/b5-3-,13-6+. The molecule has 2 fully saturated rings. The largest absolute Gasteiger partial charge is 0.478 e. The molecule has 132 valence electrons. The van der Waals surface area contributed by atoms with E-state index in [-0.39, 0.29) is 0 Å². The Morgan fingerprint density at radius 2 is 2.12 bits per heavy atom. The molecule has 0 saturated heterocycles. The first-order valence-corrected chi connectivity index (χ1v) is 9.60. The van der Waals surface area contributed by atoms with Crippen molar-refractivity contribution in [3.63, 3.8) is 0 Å². The molecule has 4 rings (SSSR count). The van der Waals surface area contributed by atoms with Gasteiger partial charge in [0, 0.05) is 5.69 Å². The Morgan fingerprint density at radius 1 is 1.32 bits per heavy atom. The molecule has 1 aromatic rings. The number of carboxylic acids is 1. The van der Waals surface area contributed by atoms with Gasteiger partial charge in [0.25, 0.3) is 0 Å². The number of allylic oxidation sites excluding steroid dienone is 2. The highest BCUT2D eigenvalue weighted by Gasteiger charge is 2.53. The van der Waals surface area contributed by atoms with Gasteiger partial charge in [0.05, 0.1) is 11.6 Å². The second kappa shape index (κ2) is 6.36. The van der Waals surface area contributed by atoms with Gasteiger partial charge in [-0.3, -0.25) is 0 Å². The molecule has 5 unspecified atom stereocenters. The zero-order valence-electron chi connectivity index (χ0n) is 15.0. The van der Waals surface area contributed by atoms with Crippen LogP contribution in [0, 0.1) is 17.8 Å². The molecule has 1 aromatic carbocycles. The number of fused-ring (bicyclic) bond motifs is 7. The van der Waals surface area contributed by atoms with Crippen LogP contribution in [0.1, 0.15) is 61.4 Å². The van der Waals surface area contributed by atoms with Crippen molar-refractivity contribution in [2.45, 2.75) is 51.5 Å². The SMILES string of the molecule is C/C=C\C(=C/CC)C1Nc2ccc(C(=O)O)cc2C2C3CCC(C3)C12. The van der Waals surface area contributed by atoms with E-state index >= 15 is 0 Å². The van der Waals surface area contributed by atoms with Crippen LogP contribution in [-0.2, 0) is 0 Å². The van der Waals surface area contributed by atoms with Gasteiger partial charge in [0.1, 0.15) is 0 Å². The average molecular weight is 337 g/mol. The van der Waals surface area contributed by atoms with E-state index in [0.29, 0.717) is 23.4 Å². The van der Waals surface area contributed by atoms with Gasteiger partial charge >= 0.3 is 5.97 Å². The molecule has 1 aliphatic heterocycles. The summed E-state index contributed by atoms with van der Waals surface area (Å²) in [6, 6.07) is 5.99. The van der Waals surface area contributed by atoms with Crippen molar-refractivity contribution in [2.24, 2.45) is 17.8 Å². The molecule has 1 heterocycles. The molecule has 5 atom stereocenters. The third-order valence-corrected chi connectivity index (χ3v) is 6.49. The van der Waals surface area contributed by atoms with Gasteiger partial charge in [-0.2, -0.15) is 0 Å². The minimum atomic E-state index is -0.829. The van der Waals surface area contributed by atoms with Gasteiger partial charge in [0.2, 0.25) is 0 Å². The molecule has 25 heavy (non-hydrogen) atoms. The van der Waals surface area contributed by atoms with Gasteiger partial charge in [-0.1, -0.05) is 25.2 Å². The number of carbonyl (C=O) groups is 1. The van der Waals surface area contributed by atoms with E-state index in [4.69, 9.17) is 0 Å². The van der Waals surface area contributed by atoms with Crippen LogP contribution in [0.5, 0.6) is 0 Å². The van der Waals surface area contributed by atoms with E-state index in [0.717, 1.165) is 23.9 Å². The highest BCUT2D eigenvalue weighted by atomic mass is 16.4.